The zero-order chi connectivity index (χ0) is 18.7. The van der Waals surface area contributed by atoms with Crippen LogP contribution in [-0.2, 0) is 0 Å². The number of carbonyl (C=O) groups excluding carboxylic acids is 1. The first kappa shape index (κ1) is 18.2. The van der Waals surface area contributed by atoms with Crippen LogP contribution in [-0.4, -0.2) is 15.9 Å². The third kappa shape index (κ3) is 4.50. The molecule has 7 heteroatoms. The molecule has 1 amide bonds. The Balaban J connectivity index is 1.80. The van der Waals surface area contributed by atoms with Crippen LogP contribution in [0.5, 0.6) is 0 Å². The zero-order valence-corrected chi connectivity index (χ0v) is 15.7. The van der Waals surface area contributed by atoms with Gasteiger partial charge in [-0.05, 0) is 50.2 Å². The molecule has 0 aliphatic carbocycles. The second-order valence-corrected chi connectivity index (χ2v) is 6.61. The molecule has 26 heavy (non-hydrogen) atoms. The van der Waals surface area contributed by atoms with Gasteiger partial charge in [-0.3, -0.25) is 4.79 Å². The van der Waals surface area contributed by atoms with Crippen LogP contribution in [0.2, 0.25) is 10.0 Å². The van der Waals surface area contributed by atoms with Gasteiger partial charge in [0.05, 0.1) is 10.0 Å². The molecule has 0 saturated carbocycles. The van der Waals surface area contributed by atoms with Crippen molar-refractivity contribution in [2.45, 2.75) is 13.8 Å². The Morgan fingerprint density at radius 1 is 0.885 bits per heavy atom. The smallest absolute Gasteiger partial charge is 0.274 e. The monoisotopic (exact) mass is 386 g/mol. The van der Waals surface area contributed by atoms with Crippen LogP contribution >= 0.6 is 23.2 Å². The first-order valence-electron chi connectivity index (χ1n) is 7.86. The van der Waals surface area contributed by atoms with Gasteiger partial charge in [-0.1, -0.05) is 40.9 Å². The molecule has 1 heterocycles. The van der Waals surface area contributed by atoms with Gasteiger partial charge in [0.25, 0.3) is 5.91 Å². The SMILES string of the molecule is Cc1ccc(Nc2nc(C)cc(C(=O)Nc3ccc(Cl)c(Cl)c3)n2)cc1. The van der Waals surface area contributed by atoms with E-state index in [-0.39, 0.29) is 11.6 Å². The van der Waals surface area contributed by atoms with Crippen LogP contribution in [0.25, 0.3) is 0 Å². The molecule has 3 rings (SSSR count). The summed E-state index contributed by atoms with van der Waals surface area (Å²) in [5.41, 5.74) is 3.46. The number of aromatic nitrogens is 2. The number of nitrogens with zero attached hydrogens (tertiary/aromatic N) is 2. The standard InChI is InChI=1S/C19H16Cl2N4O/c1-11-3-5-13(6-4-11)24-19-22-12(2)9-17(25-19)18(26)23-14-7-8-15(20)16(21)10-14/h3-10H,1-2H3,(H,23,26)(H,22,24,25). The van der Waals surface area contributed by atoms with Crippen molar-refractivity contribution in [2.24, 2.45) is 0 Å². The molecule has 0 radical (unpaired) electrons. The van der Waals surface area contributed by atoms with Gasteiger partial charge in [0, 0.05) is 17.1 Å². The van der Waals surface area contributed by atoms with Crippen LogP contribution in [0.3, 0.4) is 0 Å². The van der Waals surface area contributed by atoms with Gasteiger partial charge in [0.15, 0.2) is 0 Å². The third-order valence-corrected chi connectivity index (χ3v) is 4.31. The van der Waals surface area contributed by atoms with Crippen LogP contribution in [0.15, 0.2) is 48.5 Å². The van der Waals surface area contributed by atoms with Crippen LogP contribution in [0.4, 0.5) is 17.3 Å². The number of benzene rings is 2. The molecule has 0 saturated heterocycles. The van der Waals surface area contributed by atoms with Crippen molar-refractivity contribution in [3.63, 3.8) is 0 Å². The normalized spacial score (nSPS) is 10.5. The minimum Gasteiger partial charge on any atom is -0.324 e. The van der Waals surface area contributed by atoms with E-state index in [1.165, 1.54) is 0 Å². The summed E-state index contributed by atoms with van der Waals surface area (Å²) in [5.74, 6) is -0.00557. The lowest BCUT2D eigenvalue weighted by Gasteiger charge is -2.09. The van der Waals surface area contributed by atoms with Crippen molar-refractivity contribution >= 4 is 46.4 Å². The Hall–Kier alpha value is -2.63. The highest BCUT2D eigenvalue weighted by atomic mass is 35.5. The van der Waals surface area contributed by atoms with E-state index in [0.29, 0.717) is 27.4 Å². The van der Waals surface area contributed by atoms with Gasteiger partial charge < -0.3 is 10.6 Å². The maximum absolute atomic E-state index is 12.5. The molecule has 2 aromatic carbocycles. The number of halogens is 2. The fraction of sp³-hybridized carbons (Fsp3) is 0.105. The molecule has 0 unspecified atom stereocenters. The topological polar surface area (TPSA) is 66.9 Å². The highest BCUT2D eigenvalue weighted by Crippen LogP contribution is 2.25. The largest absolute Gasteiger partial charge is 0.324 e. The molecule has 0 aliphatic rings. The summed E-state index contributed by atoms with van der Waals surface area (Å²) in [6, 6.07) is 14.3. The van der Waals surface area contributed by atoms with Gasteiger partial charge in [-0.15, -0.1) is 0 Å². The van der Waals surface area contributed by atoms with Crippen molar-refractivity contribution < 1.29 is 4.79 Å². The van der Waals surface area contributed by atoms with Crippen molar-refractivity contribution in [2.75, 3.05) is 10.6 Å². The van der Waals surface area contributed by atoms with Gasteiger partial charge >= 0.3 is 0 Å². The lowest BCUT2D eigenvalue weighted by atomic mass is 10.2. The van der Waals surface area contributed by atoms with Crippen LogP contribution in [0.1, 0.15) is 21.7 Å². The number of hydrogen-bond acceptors (Lipinski definition) is 4. The Morgan fingerprint density at radius 2 is 1.58 bits per heavy atom. The molecule has 0 spiro atoms. The molecule has 0 fully saturated rings. The second kappa shape index (κ2) is 7.72. The maximum atomic E-state index is 12.5. The summed E-state index contributed by atoms with van der Waals surface area (Å²) in [6.07, 6.45) is 0. The summed E-state index contributed by atoms with van der Waals surface area (Å²) < 4.78 is 0. The minimum absolute atomic E-state index is 0.248. The number of anilines is 3. The van der Waals surface area contributed by atoms with Gasteiger partial charge in [0.1, 0.15) is 5.69 Å². The molecule has 0 aliphatic heterocycles. The first-order valence-corrected chi connectivity index (χ1v) is 8.62. The molecule has 0 bridgehead atoms. The van der Waals surface area contributed by atoms with E-state index < -0.39 is 0 Å². The van der Waals surface area contributed by atoms with Crippen molar-refractivity contribution in [3.05, 3.63) is 75.5 Å². The average molecular weight is 387 g/mol. The van der Waals surface area contributed by atoms with Crippen LogP contribution < -0.4 is 10.6 Å². The van der Waals surface area contributed by atoms with E-state index >= 15 is 0 Å². The Kier molecular flexibility index (Phi) is 5.40. The molecule has 5 nitrogen and oxygen atoms in total. The average Bonchev–Trinajstić information content (AvgIpc) is 2.60. The number of rotatable bonds is 4. The van der Waals surface area contributed by atoms with Gasteiger partial charge in [-0.2, -0.15) is 0 Å². The number of carbonyl (C=O) groups is 1. The zero-order valence-electron chi connectivity index (χ0n) is 14.2. The van der Waals surface area contributed by atoms with E-state index in [0.717, 1.165) is 11.3 Å². The molecular weight excluding hydrogens is 371 g/mol. The van der Waals surface area contributed by atoms with Crippen molar-refractivity contribution in [1.29, 1.82) is 0 Å². The predicted molar refractivity (Wildman–Crippen MR) is 106 cm³/mol. The Bertz CT molecular complexity index is 958. The Labute approximate surface area is 161 Å². The summed E-state index contributed by atoms with van der Waals surface area (Å²) in [7, 11) is 0. The fourth-order valence-electron chi connectivity index (χ4n) is 2.28. The number of nitrogens with one attached hydrogen (secondary N) is 2. The molecular formula is C19H16Cl2N4O. The summed E-state index contributed by atoms with van der Waals surface area (Å²) >= 11 is 11.9. The number of amides is 1. The molecule has 1 aromatic heterocycles. The first-order chi connectivity index (χ1) is 12.4. The maximum Gasteiger partial charge on any atom is 0.274 e. The van der Waals surface area contributed by atoms with E-state index in [1.54, 1.807) is 31.2 Å². The molecule has 132 valence electrons. The fourth-order valence-corrected chi connectivity index (χ4v) is 2.57. The van der Waals surface area contributed by atoms with E-state index in [9.17, 15) is 4.79 Å². The third-order valence-electron chi connectivity index (χ3n) is 3.57. The number of hydrogen-bond donors (Lipinski definition) is 2. The Morgan fingerprint density at radius 3 is 2.27 bits per heavy atom. The van der Waals surface area contributed by atoms with E-state index in [2.05, 4.69) is 20.6 Å². The lowest BCUT2D eigenvalue weighted by molar-refractivity contribution is 0.102. The molecule has 3 aromatic rings. The van der Waals surface area contributed by atoms with Crippen molar-refractivity contribution in [1.82, 2.24) is 9.97 Å². The molecule has 2 N–H and O–H groups in total. The van der Waals surface area contributed by atoms with Gasteiger partial charge in [-0.25, -0.2) is 9.97 Å². The second-order valence-electron chi connectivity index (χ2n) is 5.79. The van der Waals surface area contributed by atoms with Crippen LogP contribution in [0, 0.1) is 13.8 Å². The highest BCUT2D eigenvalue weighted by Gasteiger charge is 2.12. The summed E-state index contributed by atoms with van der Waals surface area (Å²) in [4.78, 5) is 21.1. The minimum atomic E-state index is -0.360. The number of aryl methyl sites for hydroxylation is 2. The quantitative estimate of drug-likeness (QED) is 0.629. The van der Waals surface area contributed by atoms with E-state index in [4.69, 9.17) is 23.2 Å². The highest BCUT2D eigenvalue weighted by molar-refractivity contribution is 6.42. The molecule has 0 atom stereocenters. The van der Waals surface area contributed by atoms with E-state index in [1.807, 2.05) is 31.2 Å². The lowest BCUT2D eigenvalue weighted by Crippen LogP contribution is -2.15. The predicted octanol–water partition coefficient (Wildman–Crippen LogP) is 5.40. The van der Waals surface area contributed by atoms with Crippen molar-refractivity contribution in [3.8, 4) is 0 Å². The van der Waals surface area contributed by atoms with Gasteiger partial charge in [0.2, 0.25) is 5.95 Å². The summed E-state index contributed by atoms with van der Waals surface area (Å²) in [6.45, 7) is 3.82. The summed E-state index contributed by atoms with van der Waals surface area (Å²) in [5, 5.41) is 6.65.